The third kappa shape index (κ3) is 2.83. The van der Waals surface area contributed by atoms with Gasteiger partial charge < -0.3 is 20.3 Å². The number of halogens is 1. The normalized spacial score (nSPS) is 16.3. The first kappa shape index (κ1) is 14.2. The molecule has 0 fully saturated rings. The molecule has 0 amide bonds. The fraction of sp³-hybridized carbons (Fsp3) is 0.250. The van der Waals surface area contributed by atoms with Crippen molar-refractivity contribution < 1.29 is 14.6 Å². The molecule has 1 aliphatic rings. The molecule has 0 aliphatic carbocycles. The molecule has 0 radical (unpaired) electrons. The minimum atomic E-state index is -0.874. The standard InChI is InChI=1S/C16H16ClNO3/c17-12-8-11(9-13-16(12)21-7-6-20-13)15(19)14(18)10-4-2-1-3-5-10/h1-5,8-9,14-15,19H,6-7,18H2. The third-order valence-corrected chi connectivity index (χ3v) is 3.77. The predicted molar refractivity (Wildman–Crippen MR) is 80.8 cm³/mol. The van der Waals surface area contributed by atoms with Crippen LogP contribution in [0.2, 0.25) is 5.02 Å². The predicted octanol–water partition coefficient (Wildman–Crippen LogP) is 2.84. The summed E-state index contributed by atoms with van der Waals surface area (Å²) in [4.78, 5) is 0. The van der Waals surface area contributed by atoms with E-state index in [2.05, 4.69) is 0 Å². The van der Waals surface area contributed by atoms with Crippen molar-refractivity contribution in [2.45, 2.75) is 12.1 Å². The van der Waals surface area contributed by atoms with Crippen LogP contribution in [0.15, 0.2) is 42.5 Å². The van der Waals surface area contributed by atoms with Gasteiger partial charge in [0.05, 0.1) is 17.2 Å². The van der Waals surface area contributed by atoms with Gasteiger partial charge in [-0.3, -0.25) is 0 Å². The lowest BCUT2D eigenvalue weighted by molar-refractivity contribution is 0.143. The van der Waals surface area contributed by atoms with Crippen molar-refractivity contribution in [3.05, 3.63) is 58.6 Å². The van der Waals surface area contributed by atoms with Gasteiger partial charge in [0.2, 0.25) is 0 Å². The molecule has 1 aliphatic heterocycles. The molecule has 110 valence electrons. The lowest BCUT2D eigenvalue weighted by atomic mass is 9.96. The Hall–Kier alpha value is -1.75. The van der Waals surface area contributed by atoms with E-state index in [1.165, 1.54) is 0 Å². The van der Waals surface area contributed by atoms with Crippen molar-refractivity contribution in [1.29, 1.82) is 0 Å². The zero-order valence-electron chi connectivity index (χ0n) is 11.3. The Morgan fingerprint density at radius 3 is 2.52 bits per heavy atom. The molecule has 0 bridgehead atoms. The Labute approximate surface area is 128 Å². The molecule has 2 unspecified atom stereocenters. The number of rotatable bonds is 3. The average Bonchev–Trinajstić information content (AvgIpc) is 2.54. The minimum absolute atomic E-state index is 0.418. The molecule has 0 aromatic heterocycles. The SMILES string of the molecule is NC(c1ccccc1)C(O)c1cc(Cl)c2c(c1)OCCO2. The van der Waals surface area contributed by atoms with Crippen molar-refractivity contribution in [3.8, 4) is 11.5 Å². The zero-order valence-corrected chi connectivity index (χ0v) is 12.1. The van der Waals surface area contributed by atoms with E-state index in [1.54, 1.807) is 12.1 Å². The maximum atomic E-state index is 10.5. The maximum absolute atomic E-state index is 10.5. The molecule has 0 saturated heterocycles. The second-order valence-electron chi connectivity index (χ2n) is 4.91. The van der Waals surface area contributed by atoms with Gasteiger partial charge in [-0.2, -0.15) is 0 Å². The Morgan fingerprint density at radius 2 is 1.76 bits per heavy atom. The van der Waals surface area contributed by atoms with Gasteiger partial charge in [-0.1, -0.05) is 41.9 Å². The highest BCUT2D eigenvalue weighted by Crippen LogP contribution is 2.41. The zero-order chi connectivity index (χ0) is 14.8. The Bertz CT molecular complexity index is 633. The molecule has 3 rings (SSSR count). The number of aliphatic hydroxyl groups is 1. The van der Waals surface area contributed by atoms with Crippen molar-refractivity contribution in [2.24, 2.45) is 5.73 Å². The van der Waals surface area contributed by atoms with Crippen molar-refractivity contribution in [3.63, 3.8) is 0 Å². The first-order chi connectivity index (χ1) is 10.2. The van der Waals surface area contributed by atoms with Crippen LogP contribution in [0.1, 0.15) is 23.3 Å². The van der Waals surface area contributed by atoms with Crippen molar-refractivity contribution >= 4 is 11.6 Å². The summed E-state index contributed by atoms with van der Waals surface area (Å²) in [6, 6.07) is 12.3. The lowest BCUT2D eigenvalue weighted by Gasteiger charge is -2.24. The fourth-order valence-corrected chi connectivity index (χ4v) is 2.64. The van der Waals surface area contributed by atoms with Gasteiger partial charge in [-0.05, 0) is 23.3 Å². The molecule has 0 spiro atoms. The van der Waals surface area contributed by atoms with Crippen LogP contribution in [0, 0.1) is 0 Å². The summed E-state index contributed by atoms with van der Waals surface area (Å²) in [5, 5.41) is 10.9. The molecular formula is C16H16ClNO3. The van der Waals surface area contributed by atoms with Crippen LogP contribution in [0.3, 0.4) is 0 Å². The summed E-state index contributed by atoms with van der Waals surface area (Å²) in [5.74, 6) is 1.07. The van der Waals surface area contributed by atoms with E-state index >= 15 is 0 Å². The van der Waals surface area contributed by atoms with E-state index in [0.717, 1.165) is 5.56 Å². The third-order valence-electron chi connectivity index (χ3n) is 3.49. The fourth-order valence-electron chi connectivity index (χ4n) is 2.37. The van der Waals surface area contributed by atoms with E-state index in [-0.39, 0.29) is 0 Å². The summed E-state index contributed by atoms with van der Waals surface area (Å²) >= 11 is 6.19. The van der Waals surface area contributed by atoms with Crippen LogP contribution in [0.4, 0.5) is 0 Å². The van der Waals surface area contributed by atoms with Gasteiger partial charge in [-0.15, -0.1) is 0 Å². The van der Waals surface area contributed by atoms with E-state index in [9.17, 15) is 5.11 Å². The first-order valence-electron chi connectivity index (χ1n) is 6.74. The highest BCUT2D eigenvalue weighted by Gasteiger charge is 2.23. The number of aliphatic hydroxyl groups excluding tert-OH is 1. The second kappa shape index (κ2) is 5.93. The molecule has 21 heavy (non-hydrogen) atoms. The summed E-state index contributed by atoms with van der Waals surface area (Å²) in [6.07, 6.45) is -0.874. The first-order valence-corrected chi connectivity index (χ1v) is 7.12. The topological polar surface area (TPSA) is 64.7 Å². The maximum Gasteiger partial charge on any atom is 0.179 e. The highest BCUT2D eigenvalue weighted by molar-refractivity contribution is 6.32. The summed E-state index contributed by atoms with van der Waals surface area (Å²) in [5.41, 5.74) is 7.60. The van der Waals surface area contributed by atoms with Gasteiger partial charge >= 0.3 is 0 Å². The summed E-state index contributed by atoms with van der Waals surface area (Å²) < 4.78 is 11.0. The molecule has 1 heterocycles. The number of hydrogen-bond acceptors (Lipinski definition) is 4. The van der Waals surface area contributed by atoms with Gasteiger partial charge in [0.15, 0.2) is 11.5 Å². The highest BCUT2D eigenvalue weighted by atomic mass is 35.5. The number of ether oxygens (including phenoxy) is 2. The minimum Gasteiger partial charge on any atom is -0.486 e. The van der Waals surface area contributed by atoms with E-state index < -0.39 is 12.1 Å². The van der Waals surface area contributed by atoms with Crippen LogP contribution < -0.4 is 15.2 Å². The molecule has 0 saturated carbocycles. The van der Waals surface area contributed by atoms with E-state index in [1.807, 2.05) is 30.3 Å². The number of nitrogens with two attached hydrogens (primary N) is 1. The molecule has 2 atom stereocenters. The van der Waals surface area contributed by atoms with Crippen molar-refractivity contribution in [2.75, 3.05) is 13.2 Å². The molecule has 3 N–H and O–H groups in total. The monoisotopic (exact) mass is 305 g/mol. The Balaban J connectivity index is 1.91. The van der Waals surface area contributed by atoms with Crippen LogP contribution in [-0.2, 0) is 0 Å². The second-order valence-corrected chi connectivity index (χ2v) is 5.32. The van der Waals surface area contributed by atoms with E-state index in [0.29, 0.717) is 35.3 Å². The molecule has 2 aromatic carbocycles. The largest absolute Gasteiger partial charge is 0.486 e. The Morgan fingerprint density at radius 1 is 1.05 bits per heavy atom. The Kier molecular flexibility index (Phi) is 4.01. The number of hydrogen-bond donors (Lipinski definition) is 2. The van der Waals surface area contributed by atoms with Crippen LogP contribution in [0.25, 0.3) is 0 Å². The molecule has 5 heteroatoms. The molecule has 4 nitrogen and oxygen atoms in total. The summed E-state index contributed by atoms with van der Waals surface area (Å²) in [7, 11) is 0. The van der Waals surface area contributed by atoms with Gasteiger partial charge in [-0.25, -0.2) is 0 Å². The van der Waals surface area contributed by atoms with E-state index in [4.69, 9.17) is 26.8 Å². The quantitative estimate of drug-likeness (QED) is 0.915. The van der Waals surface area contributed by atoms with Gasteiger partial charge in [0.1, 0.15) is 13.2 Å². The van der Waals surface area contributed by atoms with Crippen LogP contribution in [-0.4, -0.2) is 18.3 Å². The van der Waals surface area contributed by atoms with Crippen molar-refractivity contribution in [1.82, 2.24) is 0 Å². The van der Waals surface area contributed by atoms with Crippen LogP contribution >= 0.6 is 11.6 Å². The van der Waals surface area contributed by atoms with Gasteiger partial charge in [0.25, 0.3) is 0 Å². The average molecular weight is 306 g/mol. The molecule has 2 aromatic rings. The van der Waals surface area contributed by atoms with Gasteiger partial charge in [0, 0.05) is 0 Å². The number of benzene rings is 2. The lowest BCUT2D eigenvalue weighted by Crippen LogP contribution is -2.20. The summed E-state index contributed by atoms with van der Waals surface area (Å²) in [6.45, 7) is 0.936. The molecular weight excluding hydrogens is 290 g/mol. The smallest absolute Gasteiger partial charge is 0.179 e. The van der Waals surface area contributed by atoms with Crippen LogP contribution in [0.5, 0.6) is 11.5 Å². The number of fused-ring (bicyclic) bond motifs is 1.